The third-order valence-electron chi connectivity index (χ3n) is 2.84. The van der Waals surface area contributed by atoms with Crippen molar-refractivity contribution in [3.8, 4) is 0 Å². The fourth-order valence-corrected chi connectivity index (χ4v) is 2.22. The number of carbonyl (C=O) groups excluding carboxylic acids is 1. The van der Waals surface area contributed by atoms with Gasteiger partial charge in [0, 0.05) is 23.2 Å². The number of carboxylic acids is 1. The minimum Gasteiger partial charge on any atom is -0.481 e. The highest BCUT2D eigenvalue weighted by molar-refractivity contribution is 6.30. The molecule has 1 unspecified atom stereocenters. The standard InChI is InChI=1S/C12H12ClNO3/c13-8-1-3-9(4-2-8)14-10(7-12(16)17)5-6-11(14)15/h1-4,10H,5-7H2,(H,16,17). The molecule has 0 saturated carbocycles. The SMILES string of the molecule is O=C(O)CC1CCC(=O)N1c1ccc(Cl)cc1. The van der Waals surface area contributed by atoms with Crippen LogP contribution in [0.4, 0.5) is 5.69 Å². The van der Waals surface area contributed by atoms with Crippen molar-refractivity contribution in [2.24, 2.45) is 0 Å². The van der Waals surface area contributed by atoms with Gasteiger partial charge in [0.15, 0.2) is 0 Å². The third kappa shape index (κ3) is 2.58. The van der Waals surface area contributed by atoms with Gasteiger partial charge >= 0.3 is 5.97 Å². The predicted molar refractivity (Wildman–Crippen MR) is 64.2 cm³/mol. The van der Waals surface area contributed by atoms with E-state index in [0.717, 1.165) is 0 Å². The maximum atomic E-state index is 11.8. The van der Waals surface area contributed by atoms with Crippen LogP contribution in [0.3, 0.4) is 0 Å². The van der Waals surface area contributed by atoms with Gasteiger partial charge in [0.1, 0.15) is 0 Å². The van der Waals surface area contributed by atoms with Crippen molar-refractivity contribution in [3.63, 3.8) is 0 Å². The van der Waals surface area contributed by atoms with E-state index in [1.807, 2.05) is 0 Å². The van der Waals surface area contributed by atoms with Gasteiger partial charge in [-0.1, -0.05) is 11.6 Å². The first-order valence-electron chi connectivity index (χ1n) is 5.37. The van der Waals surface area contributed by atoms with Gasteiger partial charge in [0.25, 0.3) is 0 Å². The van der Waals surface area contributed by atoms with Crippen LogP contribution in [0.25, 0.3) is 0 Å². The van der Waals surface area contributed by atoms with Crippen molar-refractivity contribution in [2.45, 2.75) is 25.3 Å². The van der Waals surface area contributed by atoms with Crippen LogP contribution in [0, 0.1) is 0 Å². The van der Waals surface area contributed by atoms with Crippen LogP contribution < -0.4 is 4.90 Å². The van der Waals surface area contributed by atoms with Crippen LogP contribution in [-0.4, -0.2) is 23.0 Å². The summed E-state index contributed by atoms with van der Waals surface area (Å²) in [5, 5.41) is 9.40. The maximum absolute atomic E-state index is 11.8. The fraction of sp³-hybridized carbons (Fsp3) is 0.333. The van der Waals surface area contributed by atoms with Gasteiger partial charge in [-0.05, 0) is 30.7 Å². The summed E-state index contributed by atoms with van der Waals surface area (Å²) >= 11 is 5.78. The molecule has 90 valence electrons. The number of hydrogen-bond donors (Lipinski definition) is 1. The van der Waals surface area contributed by atoms with Crippen LogP contribution in [-0.2, 0) is 9.59 Å². The molecule has 0 aromatic heterocycles. The molecule has 2 rings (SSSR count). The van der Waals surface area contributed by atoms with Crippen LogP contribution in [0.2, 0.25) is 5.02 Å². The van der Waals surface area contributed by atoms with Gasteiger partial charge in [-0.2, -0.15) is 0 Å². The molecule has 0 aliphatic carbocycles. The molecule has 1 aromatic carbocycles. The van der Waals surface area contributed by atoms with Crippen molar-refractivity contribution in [3.05, 3.63) is 29.3 Å². The number of aliphatic carboxylic acids is 1. The fourth-order valence-electron chi connectivity index (χ4n) is 2.09. The molecule has 0 spiro atoms. The Hall–Kier alpha value is -1.55. The van der Waals surface area contributed by atoms with E-state index in [0.29, 0.717) is 23.6 Å². The highest BCUT2D eigenvalue weighted by atomic mass is 35.5. The van der Waals surface area contributed by atoms with Crippen LogP contribution in [0.15, 0.2) is 24.3 Å². The number of carbonyl (C=O) groups is 2. The number of amides is 1. The maximum Gasteiger partial charge on any atom is 0.305 e. The van der Waals surface area contributed by atoms with Crippen molar-refractivity contribution in [1.29, 1.82) is 0 Å². The van der Waals surface area contributed by atoms with E-state index in [9.17, 15) is 9.59 Å². The topological polar surface area (TPSA) is 57.6 Å². The first-order chi connectivity index (χ1) is 8.08. The van der Waals surface area contributed by atoms with Crippen molar-refractivity contribution < 1.29 is 14.7 Å². The Balaban J connectivity index is 2.24. The summed E-state index contributed by atoms with van der Waals surface area (Å²) < 4.78 is 0. The average Bonchev–Trinajstić information content (AvgIpc) is 2.61. The molecular formula is C12H12ClNO3. The van der Waals surface area contributed by atoms with Crippen LogP contribution >= 0.6 is 11.6 Å². The number of carboxylic acid groups (broad SMARTS) is 1. The van der Waals surface area contributed by atoms with E-state index >= 15 is 0 Å². The van der Waals surface area contributed by atoms with Crippen LogP contribution in [0.1, 0.15) is 19.3 Å². The normalized spacial score (nSPS) is 19.7. The summed E-state index contributed by atoms with van der Waals surface area (Å²) in [6.07, 6.45) is 0.975. The lowest BCUT2D eigenvalue weighted by molar-refractivity contribution is -0.137. The second-order valence-corrected chi connectivity index (χ2v) is 4.47. The number of anilines is 1. The smallest absolute Gasteiger partial charge is 0.305 e. The lowest BCUT2D eigenvalue weighted by Gasteiger charge is -2.23. The molecule has 1 aliphatic heterocycles. The molecule has 1 fully saturated rings. The van der Waals surface area contributed by atoms with E-state index in [4.69, 9.17) is 16.7 Å². The first kappa shape index (κ1) is 11.9. The zero-order valence-electron chi connectivity index (χ0n) is 9.10. The van der Waals surface area contributed by atoms with Gasteiger partial charge < -0.3 is 10.0 Å². The van der Waals surface area contributed by atoms with Gasteiger partial charge in [-0.15, -0.1) is 0 Å². The Morgan fingerprint density at radius 1 is 1.41 bits per heavy atom. The Morgan fingerprint density at radius 2 is 2.06 bits per heavy atom. The van der Waals surface area contributed by atoms with E-state index < -0.39 is 5.97 Å². The van der Waals surface area contributed by atoms with E-state index in [2.05, 4.69) is 0 Å². The summed E-state index contributed by atoms with van der Waals surface area (Å²) in [5.74, 6) is -0.915. The Bertz CT molecular complexity index is 444. The van der Waals surface area contributed by atoms with Gasteiger partial charge in [-0.3, -0.25) is 9.59 Å². The molecule has 4 nitrogen and oxygen atoms in total. The molecule has 1 heterocycles. The van der Waals surface area contributed by atoms with Crippen molar-refractivity contribution in [2.75, 3.05) is 4.90 Å². The van der Waals surface area contributed by atoms with Gasteiger partial charge in [0.05, 0.1) is 6.42 Å². The molecule has 17 heavy (non-hydrogen) atoms. The molecule has 5 heteroatoms. The summed E-state index contributed by atoms with van der Waals surface area (Å²) in [6.45, 7) is 0. The summed E-state index contributed by atoms with van der Waals surface area (Å²) in [6, 6.07) is 6.61. The van der Waals surface area contributed by atoms with Gasteiger partial charge in [-0.25, -0.2) is 0 Å². The highest BCUT2D eigenvalue weighted by Crippen LogP contribution is 2.29. The molecule has 1 saturated heterocycles. The molecular weight excluding hydrogens is 242 g/mol. The number of hydrogen-bond acceptors (Lipinski definition) is 2. The molecule has 1 N–H and O–H groups in total. The lowest BCUT2D eigenvalue weighted by atomic mass is 10.1. The molecule has 1 atom stereocenters. The van der Waals surface area contributed by atoms with E-state index in [1.165, 1.54) is 0 Å². The van der Waals surface area contributed by atoms with Crippen molar-refractivity contribution >= 4 is 29.2 Å². The molecule has 1 aliphatic rings. The van der Waals surface area contributed by atoms with Crippen LogP contribution in [0.5, 0.6) is 0 Å². The number of rotatable bonds is 3. The summed E-state index contributed by atoms with van der Waals surface area (Å²) in [5.41, 5.74) is 0.711. The number of halogens is 1. The first-order valence-corrected chi connectivity index (χ1v) is 5.75. The Labute approximate surface area is 104 Å². The van der Waals surface area contributed by atoms with Gasteiger partial charge in [0.2, 0.25) is 5.91 Å². The zero-order chi connectivity index (χ0) is 12.4. The van der Waals surface area contributed by atoms with E-state index in [1.54, 1.807) is 29.2 Å². The average molecular weight is 254 g/mol. The Morgan fingerprint density at radius 3 is 2.65 bits per heavy atom. The molecule has 1 amide bonds. The lowest BCUT2D eigenvalue weighted by Crippen LogP contribution is -2.34. The second kappa shape index (κ2) is 4.75. The quantitative estimate of drug-likeness (QED) is 0.899. The minimum absolute atomic E-state index is 0.0195. The minimum atomic E-state index is -0.885. The molecule has 1 aromatic rings. The summed E-state index contributed by atoms with van der Waals surface area (Å²) in [4.78, 5) is 24.0. The summed E-state index contributed by atoms with van der Waals surface area (Å²) in [7, 11) is 0. The zero-order valence-corrected chi connectivity index (χ0v) is 9.85. The molecule has 0 radical (unpaired) electrons. The highest BCUT2D eigenvalue weighted by Gasteiger charge is 2.33. The second-order valence-electron chi connectivity index (χ2n) is 4.03. The predicted octanol–water partition coefficient (Wildman–Crippen LogP) is 2.31. The number of nitrogens with zero attached hydrogens (tertiary/aromatic N) is 1. The molecule has 0 bridgehead atoms. The Kier molecular flexibility index (Phi) is 3.33. The van der Waals surface area contributed by atoms with Crippen molar-refractivity contribution in [1.82, 2.24) is 0 Å². The monoisotopic (exact) mass is 253 g/mol. The number of benzene rings is 1. The van der Waals surface area contributed by atoms with E-state index in [-0.39, 0.29) is 18.4 Å². The largest absolute Gasteiger partial charge is 0.481 e. The third-order valence-corrected chi connectivity index (χ3v) is 3.09.